The molecule has 0 aromatic carbocycles. The Morgan fingerprint density at radius 1 is 1.00 bits per heavy atom. The van der Waals surface area contributed by atoms with Crippen LogP contribution in [-0.2, 0) is 9.47 Å². The van der Waals surface area contributed by atoms with Gasteiger partial charge >= 0.3 is 0 Å². The van der Waals surface area contributed by atoms with Crippen molar-refractivity contribution in [2.75, 3.05) is 13.2 Å². The second kappa shape index (κ2) is 6.14. The first-order valence-corrected chi connectivity index (χ1v) is 7.54. The van der Waals surface area contributed by atoms with Crippen molar-refractivity contribution in [1.29, 1.82) is 0 Å². The first-order valence-electron chi connectivity index (χ1n) is 7.54. The minimum atomic E-state index is -0.487. The van der Waals surface area contributed by atoms with Gasteiger partial charge in [0.05, 0.1) is 30.5 Å². The van der Waals surface area contributed by atoms with Gasteiger partial charge in [0.2, 0.25) is 0 Å². The van der Waals surface area contributed by atoms with E-state index in [9.17, 15) is 9.59 Å². The predicted molar refractivity (Wildman–Crippen MR) is 83.7 cm³/mol. The molecule has 1 aliphatic rings. The van der Waals surface area contributed by atoms with Crippen LogP contribution in [0.3, 0.4) is 0 Å². The zero-order valence-corrected chi connectivity index (χ0v) is 13.2. The zero-order valence-electron chi connectivity index (χ0n) is 13.2. The molecule has 1 saturated heterocycles. The summed E-state index contributed by atoms with van der Waals surface area (Å²) in [5.41, 5.74) is 2.55. The Bertz CT molecular complexity index is 645. The van der Waals surface area contributed by atoms with E-state index in [0.29, 0.717) is 24.6 Å². The molecule has 3 rings (SSSR count). The molecule has 0 unspecified atom stereocenters. The number of carbonyl (C=O) groups excluding carboxylic acids is 2. The lowest BCUT2D eigenvalue weighted by Gasteiger charge is -2.37. The van der Waals surface area contributed by atoms with Crippen LogP contribution < -0.4 is 0 Å². The van der Waals surface area contributed by atoms with E-state index >= 15 is 0 Å². The summed E-state index contributed by atoms with van der Waals surface area (Å²) in [6.45, 7) is 5.32. The molecule has 6 heteroatoms. The molecular formula is C17H20N2O4. The van der Waals surface area contributed by atoms with E-state index < -0.39 is 6.29 Å². The number of hydrogen-bond donors (Lipinski definition) is 2. The quantitative estimate of drug-likeness (QED) is 0.830. The van der Waals surface area contributed by atoms with Crippen molar-refractivity contribution in [1.82, 2.24) is 9.97 Å². The van der Waals surface area contributed by atoms with Gasteiger partial charge in [-0.15, -0.1) is 0 Å². The Kier molecular flexibility index (Phi) is 4.19. The third-order valence-corrected chi connectivity index (χ3v) is 3.94. The van der Waals surface area contributed by atoms with Gasteiger partial charge in [0.1, 0.15) is 0 Å². The number of nitrogens with one attached hydrogen (secondary N) is 2. The minimum Gasteiger partial charge on any atom is -0.356 e. The third-order valence-electron chi connectivity index (χ3n) is 3.94. The smallest absolute Gasteiger partial charge is 0.171 e. The molecule has 2 aromatic rings. The molecule has 0 bridgehead atoms. The van der Waals surface area contributed by atoms with Crippen LogP contribution in [0.4, 0.5) is 0 Å². The molecule has 0 radical (unpaired) electrons. The summed E-state index contributed by atoms with van der Waals surface area (Å²) < 4.78 is 11.8. The molecule has 122 valence electrons. The van der Waals surface area contributed by atoms with Crippen LogP contribution in [0.15, 0.2) is 24.3 Å². The fourth-order valence-electron chi connectivity index (χ4n) is 2.72. The van der Waals surface area contributed by atoms with E-state index in [1.807, 2.05) is 12.1 Å². The molecule has 1 aliphatic heterocycles. The van der Waals surface area contributed by atoms with Crippen LogP contribution in [-0.4, -0.2) is 42.0 Å². The molecule has 0 atom stereocenters. The highest BCUT2D eigenvalue weighted by molar-refractivity contribution is 5.73. The number of ether oxygens (including phenoxy) is 2. The topological polar surface area (TPSA) is 84.2 Å². The number of H-pyrrole nitrogens is 2. The van der Waals surface area contributed by atoms with E-state index in [1.165, 1.54) is 0 Å². The molecular weight excluding hydrogens is 296 g/mol. The highest BCUT2D eigenvalue weighted by Crippen LogP contribution is 2.34. The lowest BCUT2D eigenvalue weighted by molar-refractivity contribution is -0.227. The van der Waals surface area contributed by atoms with E-state index in [-0.39, 0.29) is 11.3 Å². The normalized spacial score (nSPS) is 18.2. The average Bonchev–Trinajstić information content (AvgIpc) is 3.19. The maximum absolute atomic E-state index is 10.9. The summed E-state index contributed by atoms with van der Waals surface area (Å²) in [5.74, 6) is -0.270. The van der Waals surface area contributed by atoms with Crippen molar-refractivity contribution in [2.24, 2.45) is 5.41 Å². The van der Waals surface area contributed by atoms with Crippen molar-refractivity contribution < 1.29 is 19.1 Å². The summed E-state index contributed by atoms with van der Waals surface area (Å²) in [5, 5.41) is 0. The highest BCUT2D eigenvalue weighted by atomic mass is 16.7. The van der Waals surface area contributed by atoms with Gasteiger partial charge in [-0.2, -0.15) is 0 Å². The van der Waals surface area contributed by atoms with Gasteiger partial charge in [-0.1, -0.05) is 13.8 Å². The Hall–Kier alpha value is -2.18. The molecule has 1 fully saturated rings. The standard InChI is InChI=1S/C17H20N2O4/c1-17(2)9-22-16(23-10-17)15(13-5-3-11(7-20)18-13)14-6-4-12(8-21)19-14/h3-8,15-16,18-19H,9-10H2,1-2H3. The summed E-state index contributed by atoms with van der Waals surface area (Å²) in [6.07, 6.45) is 1.04. The van der Waals surface area contributed by atoms with Gasteiger partial charge in [0.25, 0.3) is 0 Å². The van der Waals surface area contributed by atoms with Crippen LogP contribution in [0, 0.1) is 5.41 Å². The predicted octanol–water partition coefficient (Wildman–Crippen LogP) is 2.50. The van der Waals surface area contributed by atoms with Crippen LogP contribution in [0.2, 0.25) is 0 Å². The van der Waals surface area contributed by atoms with Crippen molar-refractivity contribution in [3.05, 3.63) is 47.0 Å². The minimum absolute atomic E-state index is 0.0333. The lowest BCUT2D eigenvalue weighted by Crippen LogP contribution is -2.41. The van der Waals surface area contributed by atoms with Crippen molar-refractivity contribution in [2.45, 2.75) is 26.1 Å². The second-order valence-corrected chi connectivity index (χ2v) is 6.61. The summed E-state index contributed by atoms with van der Waals surface area (Å²) in [4.78, 5) is 28.0. The Labute approximate surface area is 134 Å². The van der Waals surface area contributed by atoms with E-state index in [1.54, 1.807) is 12.1 Å². The molecule has 2 aromatic heterocycles. The van der Waals surface area contributed by atoms with Gasteiger partial charge in [-0.05, 0) is 24.3 Å². The largest absolute Gasteiger partial charge is 0.356 e. The molecule has 3 heterocycles. The van der Waals surface area contributed by atoms with E-state index in [2.05, 4.69) is 23.8 Å². The van der Waals surface area contributed by atoms with Gasteiger partial charge in [-0.3, -0.25) is 9.59 Å². The SMILES string of the molecule is CC1(C)COC(C(c2ccc(C=O)[nH]2)c2ccc(C=O)[nH]2)OC1. The molecule has 0 saturated carbocycles. The number of aldehydes is 2. The molecule has 2 N–H and O–H groups in total. The molecule has 6 nitrogen and oxygen atoms in total. The highest BCUT2D eigenvalue weighted by Gasteiger charge is 2.36. The fraction of sp³-hybridized carbons (Fsp3) is 0.412. The van der Waals surface area contributed by atoms with Crippen molar-refractivity contribution in [3.63, 3.8) is 0 Å². The summed E-state index contributed by atoms with van der Waals surface area (Å²) >= 11 is 0. The fourth-order valence-corrected chi connectivity index (χ4v) is 2.72. The van der Waals surface area contributed by atoms with Gasteiger partial charge in [0.15, 0.2) is 18.9 Å². The summed E-state index contributed by atoms with van der Waals surface area (Å²) in [6, 6.07) is 7.10. The molecule has 23 heavy (non-hydrogen) atoms. The number of carbonyl (C=O) groups is 2. The van der Waals surface area contributed by atoms with E-state index in [4.69, 9.17) is 9.47 Å². The first-order chi connectivity index (χ1) is 11.0. The number of aromatic amines is 2. The zero-order chi connectivity index (χ0) is 16.4. The molecule has 0 amide bonds. The lowest BCUT2D eigenvalue weighted by atomic mass is 9.93. The van der Waals surface area contributed by atoms with Gasteiger partial charge < -0.3 is 19.4 Å². The van der Waals surface area contributed by atoms with Gasteiger partial charge in [-0.25, -0.2) is 0 Å². The third kappa shape index (κ3) is 3.28. The van der Waals surface area contributed by atoms with Crippen LogP contribution in [0.1, 0.15) is 52.1 Å². The van der Waals surface area contributed by atoms with Crippen LogP contribution >= 0.6 is 0 Å². The Morgan fingerprint density at radius 3 is 1.87 bits per heavy atom. The monoisotopic (exact) mass is 316 g/mol. The maximum Gasteiger partial charge on any atom is 0.171 e. The maximum atomic E-state index is 10.9. The number of rotatable bonds is 5. The average molecular weight is 316 g/mol. The number of hydrogen-bond acceptors (Lipinski definition) is 4. The number of aromatic nitrogens is 2. The van der Waals surface area contributed by atoms with Crippen LogP contribution in [0.5, 0.6) is 0 Å². The molecule has 0 spiro atoms. The van der Waals surface area contributed by atoms with Crippen molar-refractivity contribution >= 4 is 12.6 Å². The molecule has 0 aliphatic carbocycles. The second-order valence-electron chi connectivity index (χ2n) is 6.61. The first kappa shape index (κ1) is 15.7. The summed E-state index contributed by atoms with van der Waals surface area (Å²) in [7, 11) is 0. The van der Waals surface area contributed by atoms with Crippen LogP contribution in [0.25, 0.3) is 0 Å². The van der Waals surface area contributed by atoms with Gasteiger partial charge in [0, 0.05) is 16.8 Å². The Balaban J connectivity index is 1.93. The Morgan fingerprint density at radius 2 is 1.48 bits per heavy atom. The van der Waals surface area contributed by atoms with E-state index in [0.717, 1.165) is 24.0 Å². The van der Waals surface area contributed by atoms with Crippen molar-refractivity contribution in [3.8, 4) is 0 Å².